The summed E-state index contributed by atoms with van der Waals surface area (Å²) in [5.41, 5.74) is 2.21. The van der Waals surface area contributed by atoms with Gasteiger partial charge in [0, 0.05) is 32.2 Å². The molecule has 0 unspecified atom stereocenters. The molecule has 2 N–H and O–H groups in total. The van der Waals surface area contributed by atoms with E-state index in [1.54, 1.807) is 42.6 Å². The molecule has 0 saturated heterocycles. The van der Waals surface area contributed by atoms with Gasteiger partial charge in [0.1, 0.15) is 5.82 Å². The van der Waals surface area contributed by atoms with Crippen molar-refractivity contribution in [3.8, 4) is 5.69 Å². The smallest absolute Gasteiger partial charge is 0.191 e. The lowest BCUT2D eigenvalue weighted by Crippen LogP contribution is -2.36. The Morgan fingerprint density at radius 2 is 2.04 bits per heavy atom. The molecule has 2 aromatic heterocycles. The zero-order valence-corrected chi connectivity index (χ0v) is 13.9. The topological polar surface area (TPSA) is 67.1 Å². The first-order valence-corrected chi connectivity index (χ1v) is 7.87. The predicted octanol–water partition coefficient (Wildman–Crippen LogP) is 2.27. The zero-order chi connectivity index (χ0) is 17.5. The van der Waals surface area contributed by atoms with Crippen LogP contribution in [0.1, 0.15) is 11.3 Å². The number of aliphatic imine (C=N–C) groups is 1. The molecule has 0 spiro atoms. The van der Waals surface area contributed by atoms with Crippen LogP contribution >= 0.6 is 0 Å². The molecule has 0 aliphatic heterocycles. The summed E-state index contributed by atoms with van der Waals surface area (Å²) in [4.78, 5) is 12.3. The van der Waals surface area contributed by atoms with Gasteiger partial charge < -0.3 is 15.2 Å². The lowest BCUT2D eigenvalue weighted by atomic mass is 10.2. The Labute approximate surface area is 145 Å². The van der Waals surface area contributed by atoms with Crippen LogP contribution in [0.3, 0.4) is 0 Å². The summed E-state index contributed by atoms with van der Waals surface area (Å²) in [5.74, 6) is 0.332. The van der Waals surface area contributed by atoms with E-state index >= 15 is 0 Å². The first-order valence-electron chi connectivity index (χ1n) is 7.87. The highest BCUT2D eigenvalue weighted by Crippen LogP contribution is 2.14. The van der Waals surface area contributed by atoms with Crippen molar-refractivity contribution in [2.24, 2.45) is 4.99 Å². The minimum absolute atomic E-state index is 0.297. The molecule has 0 bridgehead atoms. The molecule has 6 nitrogen and oxygen atoms in total. The number of hydrogen-bond acceptors (Lipinski definition) is 3. The summed E-state index contributed by atoms with van der Waals surface area (Å²) in [5, 5.41) is 6.34. The second-order valence-corrected chi connectivity index (χ2v) is 5.36. The van der Waals surface area contributed by atoms with Gasteiger partial charge in [0.15, 0.2) is 5.96 Å². The monoisotopic (exact) mass is 338 g/mol. The Morgan fingerprint density at radius 1 is 1.16 bits per heavy atom. The van der Waals surface area contributed by atoms with Gasteiger partial charge in [0.05, 0.1) is 24.3 Å². The summed E-state index contributed by atoms with van der Waals surface area (Å²) in [7, 11) is 1.69. The molecule has 7 heteroatoms. The molecular formula is C18H19FN6. The van der Waals surface area contributed by atoms with Crippen LogP contribution in [0.4, 0.5) is 4.39 Å². The van der Waals surface area contributed by atoms with Gasteiger partial charge in [-0.25, -0.2) is 9.37 Å². The van der Waals surface area contributed by atoms with Gasteiger partial charge >= 0.3 is 0 Å². The molecule has 0 fully saturated rings. The Hall–Kier alpha value is -3.22. The van der Waals surface area contributed by atoms with Gasteiger partial charge in [0.2, 0.25) is 0 Å². The first-order chi connectivity index (χ1) is 12.3. The molecule has 1 aromatic carbocycles. The van der Waals surface area contributed by atoms with Crippen molar-refractivity contribution >= 4 is 5.96 Å². The number of pyridine rings is 1. The van der Waals surface area contributed by atoms with Crippen molar-refractivity contribution in [2.45, 2.75) is 13.1 Å². The molecule has 0 atom stereocenters. The van der Waals surface area contributed by atoms with Crippen LogP contribution in [0.15, 0.2) is 66.3 Å². The number of halogens is 1. The number of benzene rings is 1. The van der Waals surface area contributed by atoms with Crippen molar-refractivity contribution < 1.29 is 4.39 Å². The van der Waals surface area contributed by atoms with Crippen molar-refractivity contribution in [3.63, 3.8) is 0 Å². The number of rotatable bonds is 5. The van der Waals surface area contributed by atoms with E-state index in [0.29, 0.717) is 24.7 Å². The van der Waals surface area contributed by atoms with Crippen LogP contribution in [0, 0.1) is 5.82 Å². The van der Waals surface area contributed by atoms with Crippen LogP contribution in [0.5, 0.6) is 0 Å². The molecule has 0 aliphatic carbocycles. The number of guanidine groups is 1. The second-order valence-electron chi connectivity index (χ2n) is 5.36. The van der Waals surface area contributed by atoms with E-state index in [-0.39, 0.29) is 5.82 Å². The van der Waals surface area contributed by atoms with Crippen molar-refractivity contribution in [1.82, 2.24) is 25.2 Å². The summed E-state index contributed by atoms with van der Waals surface area (Å²) < 4.78 is 15.9. The highest BCUT2D eigenvalue weighted by Gasteiger charge is 2.06. The van der Waals surface area contributed by atoms with Crippen LogP contribution in [-0.2, 0) is 13.1 Å². The van der Waals surface area contributed by atoms with E-state index in [2.05, 4.69) is 25.6 Å². The molecule has 3 aromatic rings. The largest absolute Gasteiger partial charge is 0.352 e. The van der Waals surface area contributed by atoms with Crippen molar-refractivity contribution in [1.29, 1.82) is 0 Å². The highest BCUT2D eigenvalue weighted by molar-refractivity contribution is 5.79. The van der Waals surface area contributed by atoms with Crippen LogP contribution in [0.2, 0.25) is 0 Å². The zero-order valence-electron chi connectivity index (χ0n) is 13.9. The van der Waals surface area contributed by atoms with E-state index in [0.717, 1.165) is 11.3 Å². The number of nitrogens with one attached hydrogen (secondary N) is 2. The third kappa shape index (κ3) is 4.41. The normalized spacial score (nSPS) is 11.4. The quantitative estimate of drug-likeness (QED) is 0.553. The third-order valence-electron chi connectivity index (χ3n) is 3.64. The molecule has 0 amide bonds. The fourth-order valence-corrected chi connectivity index (χ4v) is 2.35. The molecule has 0 radical (unpaired) electrons. The van der Waals surface area contributed by atoms with E-state index in [1.807, 2.05) is 24.3 Å². The maximum Gasteiger partial charge on any atom is 0.191 e. The van der Waals surface area contributed by atoms with Crippen LogP contribution in [0.25, 0.3) is 5.69 Å². The van der Waals surface area contributed by atoms with Crippen LogP contribution < -0.4 is 10.6 Å². The Balaban J connectivity index is 1.57. The highest BCUT2D eigenvalue weighted by atomic mass is 19.1. The minimum Gasteiger partial charge on any atom is -0.352 e. The molecule has 128 valence electrons. The molecule has 0 aliphatic rings. The summed E-state index contributed by atoms with van der Waals surface area (Å²) >= 11 is 0. The van der Waals surface area contributed by atoms with Gasteiger partial charge in [-0.15, -0.1) is 0 Å². The van der Waals surface area contributed by atoms with Gasteiger partial charge in [-0.1, -0.05) is 12.1 Å². The van der Waals surface area contributed by atoms with E-state index < -0.39 is 0 Å². The van der Waals surface area contributed by atoms with Gasteiger partial charge in [-0.05, 0) is 29.8 Å². The van der Waals surface area contributed by atoms with Crippen LogP contribution in [-0.4, -0.2) is 27.5 Å². The molecule has 2 heterocycles. The summed E-state index contributed by atoms with van der Waals surface area (Å²) in [6, 6.07) is 10.9. The Bertz CT molecular complexity index is 830. The predicted molar refractivity (Wildman–Crippen MR) is 94.8 cm³/mol. The molecule has 0 saturated carbocycles. The second kappa shape index (κ2) is 8.05. The van der Waals surface area contributed by atoms with E-state index in [9.17, 15) is 4.39 Å². The Kier molecular flexibility index (Phi) is 5.36. The Morgan fingerprint density at radius 3 is 2.72 bits per heavy atom. The fraction of sp³-hybridized carbons (Fsp3) is 0.167. The lowest BCUT2D eigenvalue weighted by molar-refractivity contribution is 0.615. The molecular weight excluding hydrogens is 319 g/mol. The van der Waals surface area contributed by atoms with E-state index in [4.69, 9.17) is 0 Å². The lowest BCUT2D eigenvalue weighted by Gasteiger charge is -2.12. The number of aromatic nitrogens is 3. The third-order valence-corrected chi connectivity index (χ3v) is 3.64. The van der Waals surface area contributed by atoms with Crippen molar-refractivity contribution in [2.75, 3.05) is 7.05 Å². The van der Waals surface area contributed by atoms with Gasteiger partial charge in [-0.2, -0.15) is 0 Å². The number of hydrogen-bond donors (Lipinski definition) is 2. The van der Waals surface area contributed by atoms with Gasteiger partial charge in [-0.3, -0.25) is 9.98 Å². The van der Waals surface area contributed by atoms with Gasteiger partial charge in [0.25, 0.3) is 0 Å². The average Bonchev–Trinajstić information content (AvgIpc) is 3.17. The van der Waals surface area contributed by atoms with E-state index in [1.165, 1.54) is 6.07 Å². The van der Waals surface area contributed by atoms with Crippen molar-refractivity contribution in [3.05, 3.63) is 78.4 Å². The minimum atomic E-state index is -0.297. The fourth-order valence-electron chi connectivity index (χ4n) is 2.35. The summed E-state index contributed by atoms with van der Waals surface area (Å²) in [6.07, 6.45) is 6.64. The maximum absolute atomic E-state index is 14.3. The first kappa shape index (κ1) is 16.6. The number of nitrogens with zero attached hydrogens (tertiary/aromatic N) is 4. The average molecular weight is 338 g/mol. The molecule has 25 heavy (non-hydrogen) atoms. The number of imidazole rings is 1. The maximum atomic E-state index is 14.3. The SMILES string of the molecule is CN=C(NCc1ccc(-n2ccnc2)c(F)c1)NCc1ccccn1. The summed E-state index contributed by atoms with van der Waals surface area (Å²) in [6.45, 7) is 1.03. The standard InChI is InChI=1S/C18H19FN6/c1-20-18(24-12-15-4-2-3-7-22-15)23-11-14-5-6-17(16(19)10-14)25-9-8-21-13-25/h2-10,13H,11-12H2,1H3,(H2,20,23,24). The molecule has 3 rings (SSSR count).